The zero-order valence-corrected chi connectivity index (χ0v) is 9.87. The second-order valence-corrected chi connectivity index (χ2v) is 4.15. The first-order valence-electron chi connectivity index (χ1n) is 6.04. The summed E-state index contributed by atoms with van der Waals surface area (Å²) in [5.41, 5.74) is 2.43. The molecule has 0 aliphatic heterocycles. The maximum absolute atomic E-state index is 9.79. The van der Waals surface area contributed by atoms with Crippen LogP contribution >= 0.6 is 0 Å². The third kappa shape index (κ3) is 4.05. The minimum atomic E-state index is -0.282. The van der Waals surface area contributed by atoms with Gasteiger partial charge in [0.15, 0.2) is 0 Å². The second-order valence-electron chi connectivity index (χ2n) is 4.15. The van der Waals surface area contributed by atoms with Crippen LogP contribution < -0.4 is 0 Å². The van der Waals surface area contributed by atoms with E-state index in [-0.39, 0.29) is 6.10 Å². The lowest BCUT2D eigenvalue weighted by Crippen LogP contribution is -1.96. The van der Waals surface area contributed by atoms with Crippen molar-refractivity contribution in [2.24, 2.45) is 0 Å². The van der Waals surface area contributed by atoms with Crippen molar-refractivity contribution in [3.63, 3.8) is 0 Å². The van der Waals surface area contributed by atoms with Gasteiger partial charge < -0.3 is 5.11 Å². The summed E-state index contributed by atoms with van der Waals surface area (Å²) in [6.07, 6.45) is 5.24. The van der Waals surface area contributed by atoms with Gasteiger partial charge in [0.1, 0.15) is 0 Å². The highest BCUT2D eigenvalue weighted by atomic mass is 16.3. The lowest BCUT2D eigenvalue weighted by atomic mass is 10.0. The molecular formula is C14H22O. The summed E-state index contributed by atoms with van der Waals surface area (Å²) in [7, 11) is 0. The predicted octanol–water partition coefficient (Wildman–Crippen LogP) is 3.86. The van der Waals surface area contributed by atoms with Gasteiger partial charge in [0, 0.05) is 0 Å². The van der Waals surface area contributed by atoms with Gasteiger partial charge in [-0.15, -0.1) is 0 Å². The van der Waals surface area contributed by atoms with E-state index in [1.807, 2.05) is 0 Å². The van der Waals surface area contributed by atoms with Gasteiger partial charge in [-0.1, -0.05) is 51.0 Å². The normalized spacial score (nSPS) is 12.7. The molecule has 1 atom stereocenters. The van der Waals surface area contributed by atoms with Crippen molar-refractivity contribution in [1.29, 1.82) is 0 Å². The largest absolute Gasteiger partial charge is 0.388 e. The smallest absolute Gasteiger partial charge is 0.0790 e. The lowest BCUT2D eigenvalue weighted by Gasteiger charge is -2.10. The Balaban J connectivity index is 2.55. The SMILES string of the molecule is CCCCc1ccc([C@@H](O)CCC)cc1. The molecular weight excluding hydrogens is 184 g/mol. The fourth-order valence-corrected chi connectivity index (χ4v) is 1.73. The zero-order chi connectivity index (χ0) is 11.1. The molecule has 1 rings (SSSR count). The Morgan fingerprint density at radius 1 is 1.07 bits per heavy atom. The van der Waals surface area contributed by atoms with E-state index in [1.165, 1.54) is 18.4 Å². The summed E-state index contributed by atoms with van der Waals surface area (Å²) in [4.78, 5) is 0. The number of hydrogen-bond acceptors (Lipinski definition) is 1. The maximum atomic E-state index is 9.79. The molecule has 0 radical (unpaired) electrons. The summed E-state index contributed by atoms with van der Waals surface area (Å²) >= 11 is 0. The summed E-state index contributed by atoms with van der Waals surface area (Å²) < 4.78 is 0. The number of hydrogen-bond donors (Lipinski definition) is 1. The number of rotatable bonds is 6. The van der Waals surface area contributed by atoms with Crippen molar-refractivity contribution < 1.29 is 5.11 Å². The summed E-state index contributed by atoms with van der Waals surface area (Å²) in [6, 6.07) is 8.41. The Morgan fingerprint density at radius 2 is 1.73 bits per heavy atom. The van der Waals surface area contributed by atoms with Gasteiger partial charge in [0.05, 0.1) is 6.10 Å². The molecule has 0 unspecified atom stereocenters. The average Bonchev–Trinajstić information content (AvgIpc) is 2.27. The van der Waals surface area contributed by atoms with E-state index in [0.717, 1.165) is 24.8 Å². The number of aryl methyl sites for hydroxylation is 1. The zero-order valence-electron chi connectivity index (χ0n) is 9.87. The monoisotopic (exact) mass is 206 g/mol. The fourth-order valence-electron chi connectivity index (χ4n) is 1.73. The quantitative estimate of drug-likeness (QED) is 0.749. The van der Waals surface area contributed by atoms with E-state index in [1.54, 1.807) is 0 Å². The maximum Gasteiger partial charge on any atom is 0.0790 e. The topological polar surface area (TPSA) is 20.2 Å². The standard InChI is InChI=1S/C14H22O/c1-3-5-7-12-8-10-13(11-9-12)14(15)6-4-2/h8-11,14-15H,3-7H2,1-2H3/t14-/m0/s1. The highest BCUT2D eigenvalue weighted by Gasteiger charge is 2.05. The van der Waals surface area contributed by atoms with Crippen molar-refractivity contribution in [3.8, 4) is 0 Å². The highest BCUT2D eigenvalue weighted by Crippen LogP contribution is 2.19. The first-order chi connectivity index (χ1) is 7.27. The minimum absolute atomic E-state index is 0.282. The summed E-state index contributed by atoms with van der Waals surface area (Å²) in [6.45, 7) is 4.30. The first-order valence-corrected chi connectivity index (χ1v) is 6.04. The van der Waals surface area contributed by atoms with Crippen LogP contribution in [0.1, 0.15) is 56.8 Å². The molecule has 0 bridgehead atoms. The molecule has 0 aliphatic carbocycles. The van der Waals surface area contributed by atoms with E-state index < -0.39 is 0 Å². The molecule has 0 aromatic heterocycles. The number of aliphatic hydroxyl groups is 1. The van der Waals surface area contributed by atoms with Crippen molar-refractivity contribution in [2.75, 3.05) is 0 Å². The van der Waals surface area contributed by atoms with Gasteiger partial charge in [0.2, 0.25) is 0 Å². The Hall–Kier alpha value is -0.820. The van der Waals surface area contributed by atoms with Crippen molar-refractivity contribution in [2.45, 2.75) is 52.1 Å². The molecule has 1 aromatic carbocycles. The van der Waals surface area contributed by atoms with Gasteiger partial charge >= 0.3 is 0 Å². The van der Waals surface area contributed by atoms with Crippen LogP contribution in [0.15, 0.2) is 24.3 Å². The number of benzene rings is 1. The summed E-state index contributed by atoms with van der Waals surface area (Å²) in [5.74, 6) is 0. The number of aliphatic hydroxyl groups excluding tert-OH is 1. The Kier molecular flexibility index (Phi) is 5.41. The van der Waals surface area contributed by atoms with Gasteiger partial charge in [0.25, 0.3) is 0 Å². The highest BCUT2D eigenvalue weighted by molar-refractivity contribution is 5.24. The number of unbranched alkanes of at least 4 members (excludes halogenated alkanes) is 1. The van der Waals surface area contributed by atoms with Crippen LogP contribution in [0, 0.1) is 0 Å². The molecule has 0 saturated heterocycles. The Bertz CT molecular complexity index is 263. The van der Waals surface area contributed by atoms with Crippen LogP contribution in [-0.4, -0.2) is 5.11 Å². The molecule has 0 heterocycles. The molecule has 0 saturated carbocycles. The third-order valence-corrected chi connectivity index (χ3v) is 2.75. The molecule has 0 fully saturated rings. The van der Waals surface area contributed by atoms with E-state index in [4.69, 9.17) is 0 Å². The van der Waals surface area contributed by atoms with E-state index >= 15 is 0 Å². The van der Waals surface area contributed by atoms with Crippen LogP contribution in [0.4, 0.5) is 0 Å². The van der Waals surface area contributed by atoms with Gasteiger partial charge in [-0.25, -0.2) is 0 Å². The molecule has 0 spiro atoms. The summed E-state index contributed by atoms with van der Waals surface area (Å²) in [5, 5.41) is 9.79. The minimum Gasteiger partial charge on any atom is -0.388 e. The Labute approximate surface area is 93.1 Å². The van der Waals surface area contributed by atoms with Crippen molar-refractivity contribution in [3.05, 3.63) is 35.4 Å². The van der Waals surface area contributed by atoms with Gasteiger partial charge in [-0.3, -0.25) is 0 Å². The van der Waals surface area contributed by atoms with Gasteiger partial charge in [-0.2, -0.15) is 0 Å². The first kappa shape index (κ1) is 12.3. The predicted molar refractivity (Wildman–Crippen MR) is 64.9 cm³/mol. The van der Waals surface area contributed by atoms with Crippen LogP contribution in [0.25, 0.3) is 0 Å². The van der Waals surface area contributed by atoms with Crippen LogP contribution in [0.2, 0.25) is 0 Å². The van der Waals surface area contributed by atoms with E-state index in [9.17, 15) is 5.11 Å². The molecule has 0 aliphatic rings. The lowest BCUT2D eigenvalue weighted by molar-refractivity contribution is 0.166. The fraction of sp³-hybridized carbons (Fsp3) is 0.571. The molecule has 1 N–H and O–H groups in total. The van der Waals surface area contributed by atoms with Gasteiger partial charge in [-0.05, 0) is 30.4 Å². The van der Waals surface area contributed by atoms with Crippen molar-refractivity contribution in [1.82, 2.24) is 0 Å². The van der Waals surface area contributed by atoms with Crippen LogP contribution in [0.5, 0.6) is 0 Å². The molecule has 15 heavy (non-hydrogen) atoms. The average molecular weight is 206 g/mol. The molecule has 0 amide bonds. The van der Waals surface area contributed by atoms with Crippen LogP contribution in [-0.2, 0) is 6.42 Å². The van der Waals surface area contributed by atoms with E-state index in [0.29, 0.717) is 0 Å². The molecule has 1 aromatic rings. The molecule has 1 heteroatoms. The third-order valence-electron chi connectivity index (χ3n) is 2.75. The molecule has 84 valence electrons. The Morgan fingerprint density at radius 3 is 2.27 bits per heavy atom. The second kappa shape index (κ2) is 6.62. The van der Waals surface area contributed by atoms with Crippen LogP contribution in [0.3, 0.4) is 0 Å². The van der Waals surface area contributed by atoms with Crippen molar-refractivity contribution >= 4 is 0 Å². The van der Waals surface area contributed by atoms with E-state index in [2.05, 4.69) is 38.1 Å². The molecule has 1 nitrogen and oxygen atoms in total.